The number of benzene rings is 1. The van der Waals surface area contributed by atoms with E-state index < -0.39 is 46.9 Å². The summed E-state index contributed by atoms with van der Waals surface area (Å²) in [5.74, 6) is -3.96. The van der Waals surface area contributed by atoms with Gasteiger partial charge in [0.05, 0.1) is 33.0 Å². The van der Waals surface area contributed by atoms with E-state index >= 15 is 0 Å². The number of methoxy groups -OCH3 is 1. The van der Waals surface area contributed by atoms with E-state index in [1.54, 1.807) is 32.9 Å². The summed E-state index contributed by atoms with van der Waals surface area (Å²) < 4.78 is 20.6. The first kappa shape index (κ1) is 25.8. The molecule has 1 aliphatic rings. The first-order valence-electron chi connectivity index (χ1n) is 10.9. The number of rotatable bonds is 10. The van der Waals surface area contributed by atoms with Gasteiger partial charge in [-0.25, -0.2) is 0 Å². The van der Waals surface area contributed by atoms with Crippen molar-refractivity contribution in [2.45, 2.75) is 40.0 Å². The summed E-state index contributed by atoms with van der Waals surface area (Å²) in [6, 6.07) is 8.22. The summed E-state index contributed by atoms with van der Waals surface area (Å²) >= 11 is 0. The SMILES string of the molecule is CCOC(=O)C1(C(=O)OCC)CC[C@](C#N)(C(=O)OCC)[C@H]1CC(=O)c1ccc(OC)cc1. The van der Waals surface area contributed by atoms with Crippen molar-refractivity contribution in [1.29, 1.82) is 5.26 Å². The molecule has 9 nitrogen and oxygen atoms in total. The van der Waals surface area contributed by atoms with Crippen molar-refractivity contribution < 1.29 is 38.1 Å². The first-order chi connectivity index (χ1) is 15.8. The van der Waals surface area contributed by atoms with Crippen LogP contribution in [-0.4, -0.2) is 50.6 Å². The van der Waals surface area contributed by atoms with Crippen LogP contribution in [0, 0.1) is 28.1 Å². The molecule has 0 amide bonds. The van der Waals surface area contributed by atoms with Crippen LogP contribution >= 0.6 is 0 Å². The molecule has 9 heteroatoms. The van der Waals surface area contributed by atoms with Gasteiger partial charge < -0.3 is 18.9 Å². The highest BCUT2D eigenvalue weighted by atomic mass is 16.6. The molecule has 0 bridgehead atoms. The molecule has 0 saturated heterocycles. The first-order valence-corrected chi connectivity index (χ1v) is 10.9. The lowest BCUT2D eigenvalue weighted by Gasteiger charge is -2.35. The number of esters is 3. The summed E-state index contributed by atoms with van der Waals surface area (Å²) in [4.78, 5) is 52.5. The lowest BCUT2D eigenvalue weighted by atomic mass is 9.66. The van der Waals surface area contributed by atoms with Gasteiger partial charge >= 0.3 is 17.9 Å². The number of carbonyl (C=O) groups excluding carboxylic acids is 4. The van der Waals surface area contributed by atoms with Crippen molar-refractivity contribution >= 4 is 23.7 Å². The van der Waals surface area contributed by atoms with Gasteiger partial charge in [-0.15, -0.1) is 0 Å². The molecule has 1 aliphatic carbocycles. The molecular formula is C24H29NO8. The fraction of sp³-hybridized carbons (Fsp3) is 0.542. The molecule has 178 valence electrons. The number of nitriles is 1. The molecule has 1 aromatic carbocycles. The lowest BCUT2D eigenvalue weighted by Crippen LogP contribution is -2.50. The van der Waals surface area contributed by atoms with E-state index in [-0.39, 0.29) is 38.2 Å². The zero-order chi connectivity index (χ0) is 24.6. The minimum Gasteiger partial charge on any atom is -0.497 e. The van der Waals surface area contributed by atoms with Gasteiger partial charge in [0, 0.05) is 17.9 Å². The minimum atomic E-state index is -1.99. The maximum atomic E-state index is 13.2. The second-order valence-corrected chi connectivity index (χ2v) is 7.62. The van der Waals surface area contributed by atoms with Gasteiger partial charge in [0.2, 0.25) is 0 Å². The third-order valence-electron chi connectivity index (χ3n) is 6.02. The molecule has 0 aromatic heterocycles. The molecule has 0 aliphatic heterocycles. The molecule has 2 rings (SSSR count). The van der Waals surface area contributed by atoms with Crippen LogP contribution in [-0.2, 0) is 28.6 Å². The van der Waals surface area contributed by atoms with E-state index in [4.69, 9.17) is 18.9 Å². The van der Waals surface area contributed by atoms with E-state index in [1.165, 1.54) is 19.2 Å². The average Bonchev–Trinajstić information content (AvgIpc) is 3.15. The number of carbonyl (C=O) groups is 4. The van der Waals surface area contributed by atoms with Gasteiger partial charge in [0.25, 0.3) is 0 Å². The van der Waals surface area contributed by atoms with E-state index in [9.17, 15) is 24.4 Å². The largest absolute Gasteiger partial charge is 0.497 e. The van der Waals surface area contributed by atoms with E-state index in [0.29, 0.717) is 5.75 Å². The van der Waals surface area contributed by atoms with E-state index in [1.807, 2.05) is 6.07 Å². The Kier molecular flexibility index (Phi) is 8.57. The highest BCUT2D eigenvalue weighted by Crippen LogP contribution is 2.58. The second-order valence-electron chi connectivity index (χ2n) is 7.62. The van der Waals surface area contributed by atoms with Gasteiger partial charge in [-0.3, -0.25) is 19.2 Å². The standard InChI is InChI=1S/C24H29NO8/c1-5-31-20(27)23(15-25)12-13-24(21(28)32-6-2,22(29)33-7-3)19(23)14-18(26)16-8-10-17(30-4)11-9-16/h8-11,19H,5-7,12-14H2,1-4H3/t19-,23-/m1/s1. The minimum absolute atomic E-state index is 0.00672. The van der Waals surface area contributed by atoms with Crippen molar-refractivity contribution in [1.82, 2.24) is 0 Å². The number of nitrogens with zero attached hydrogens (tertiary/aromatic N) is 1. The summed E-state index contributed by atoms with van der Waals surface area (Å²) in [5, 5.41) is 10.1. The van der Waals surface area contributed by atoms with Gasteiger partial charge in [-0.2, -0.15) is 5.26 Å². The maximum absolute atomic E-state index is 13.2. The Morgan fingerprint density at radius 3 is 1.88 bits per heavy atom. The van der Waals surface area contributed by atoms with Crippen LogP contribution in [0.5, 0.6) is 5.75 Å². The van der Waals surface area contributed by atoms with Crippen LogP contribution in [0.15, 0.2) is 24.3 Å². The van der Waals surface area contributed by atoms with Crippen LogP contribution in [0.25, 0.3) is 0 Å². The molecule has 0 radical (unpaired) electrons. The van der Waals surface area contributed by atoms with Crippen molar-refractivity contribution in [3.05, 3.63) is 29.8 Å². The van der Waals surface area contributed by atoms with E-state index in [2.05, 4.69) is 0 Å². The predicted octanol–water partition coefficient (Wildman–Crippen LogP) is 2.86. The van der Waals surface area contributed by atoms with Crippen LogP contribution in [0.3, 0.4) is 0 Å². The van der Waals surface area contributed by atoms with Crippen LogP contribution in [0.4, 0.5) is 0 Å². The normalized spacial score (nSPS) is 20.9. The van der Waals surface area contributed by atoms with Crippen molar-refractivity contribution in [3.63, 3.8) is 0 Å². The Labute approximate surface area is 192 Å². The molecule has 2 atom stereocenters. The van der Waals surface area contributed by atoms with Crippen molar-refractivity contribution in [2.75, 3.05) is 26.9 Å². The molecule has 0 heterocycles. The molecule has 1 fully saturated rings. The van der Waals surface area contributed by atoms with Gasteiger partial charge in [-0.05, 0) is 57.9 Å². The van der Waals surface area contributed by atoms with Crippen molar-refractivity contribution in [3.8, 4) is 11.8 Å². The van der Waals surface area contributed by atoms with Crippen LogP contribution in [0.1, 0.15) is 50.4 Å². The van der Waals surface area contributed by atoms with Crippen LogP contribution in [0.2, 0.25) is 0 Å². The molecule has 1 saturated carbocycles. The lowest BCUT2D eigenvalue weighted by molar-refractivity contribution is -0.177. The maximum Gasteiger partial charge on any atom is 0.326 e. The van der Waals surface area contributed by atoms with Crippen molar-refractivity contribution in [2.24, 2.45) is 16.7 Å². The highest BCUT2D eigenvalue weighted by Gasteiger charge is 2.70. The Bertz CT molecular complexity index is 915. The zero-order valence-electron chi connectivity index (χ0n) is 19.3. The molecular weight excluding hydrogens is 430 g/mol. The summed E-state index contributed by atoms with van der Waals surface area (Å²) in [6.45, 7) is 4.67. The fourth-order valence-electron chi connectivity index (χ4n) is 4.37. The third kappa shape index (κ3) is 4.70. The zero-order valence-corrected chi connectivity index (χ0v) is 19.3. The number of ether oxygens (including phenoxy) is 4. The molecule has 0 unspecified atom stereocenters. The van der Waals surface area contributed by atoms with Crippen LogP contribution < -0.4 is 4.74 Å². The Morgan fingerprint density at radius 1 is 0.909 bits per heavy atom. The molecule has 33 heavy (non-hydrogen) atoms. The number of hydrogen-bond donors (Lipinski definition) is 0. The fourth-order valence-corrected chi connectivity index (χ4v) is 4.37. The molecule has 1 aromatic rings. The second kappa shape index (κ2) is 10.9. The molecule has 0 spiro atoms. The topological polar surface area (TPSA) is 129 Å². The Balaban J connectivity index is 2.63. The summed E-state index contributed by atoms with van der Waals surface area (Å²) in [7, 11) is 1.49. The monoisotopic (exact) mass is 459 g/mol. The Hall–Kier alpha value is -3.41. The van der Waals surface area contributed by atoms with E-state index in [0.717, 1.165) is 0 Å². The Morgan fingerprint density at radius 2 is 1.42 bits per heavy atom. The molecule has 0 N–H and O–H groups in total. The summed E-state index contributed by atoms with van der Waals surface area (Å²) in [5.41, 5.74) is -3.60. The predicted molar refractivity (Wildman–Crippen MR) is 115 cm³/mol. The third-order valence-corrected chi connectivity index (χ3v) is 6.02. The quantitative estimate of drug-likeness (QED) is 0.224. The number of ketones is 1. The van der Waals surface area contributed by atoms with Gasteiger partial charge in [0.1, 0.15) is 5.75 Å². The summed E-state index contributed by atoms with van der Waals surface area (Å²) in [6.07, 6.45) is -0.769. The van der Waals surface area contributed by atoms with Gasteiger partial charge in [-0.1, -0.05) is 0 Å². The highest BCUT2D eigenvalue weighted by molar-refractivity contribution is 6.05. The average molecular weight is 459 g/mol. The smallest absolute Gasteiger partial charge is 0.326 e. The number of Topliss-reactive ketones (excluding diaryl/α,β-unsaturated/α-hetero) is 1. The number of hydrogen-bond acceptors (Lipinski definition) is 9. The van der Waals surface area contributed by atoms with Gasteiger partial charge in [0.15, 0.2) is 16.6 Å².